The van der Waals surface area contributed by atoms with Crippen molar-refractivity contribution in [3.63, 3.8) is 0 Å². The molecule has 1 fully saturated rings. The van der Waals surface area contributed by atoms with Gasteiger partial charge in [0.2, 0.25) is 0 Å². The lowest BCUT2D eigenvalue weighted by atomic mass is 10.1. The molecule has 29 heavy (non-hydrogen) atoms. The number of aliphatic carboxylic acids is 2. The minimum absolute atomic E-state index is 1.04. The van der Waals surface area contributed by atoms with Gasteiger partial charge in [-0.3, -0.25) is 9.80 Å². The van der Waals surface area contributed by atoms with Gasteiger partial charge in [0.15, 0.2) is 0 Å². The van der Waals surface area contributed by atoms with Crippen molar-refractivity contribution in [2.24, 2.45) is 0 Å². The fourth-order valence-electron chi connectivity index (χ4n) is 2.96. The first kappa shape index (κ1) is 23.4. The molecule has 0 radical (unpaired) electrons. The molecule has 1 saturated heterocycles. The first-order valence-electron chi connectivity index (χ1n) is 9.16. The van der Waals surface area contributed by atoms with Gasteiger partial charge in [0.05, 0.1) is 0 Å². The summed E-state index contributed by atoms with van der Waals surface area (Å²) >= 11 is 5.45. The number of carboxylic acid groups (broad SMARTS) is 2. The highest BCUT2D eigenvalue weighted by atomic mass is 79.9. The molecule has 1 aliphatic heterocycles. The number of benzene rings is 2. The predicted molar refractivity (Wildman–Crippen MR) is 118 cm³/mol. The highest BCUT2D eigenvalue weighted by molar-refractivity contribution is 9.10. The van der Waals surface area contributed by atoms with Gasteiger partial charge >= 0.3 is 11.9 Å². The van der Waals surface area contributed by atoms with Gasteiger partial charge < -0.3 is 10.2 Å². The maximum Gasteiger partial charge on any atom is 0.414 e. The minimum Gasteiger partial charge on any atom is -0.473 e. The van der Waals surface area contributed by atoms with E-state index in [0.717, 1.165) is 39.3 Å². The lowest BCUT2D eigenvalue weighted by Gasteiger charge is -2.35. The smallest absolute Gasteiger partial charge is 0.414 e. The highest BCUT2D eigenvalue weighted by Crippen LogP contribution is 2.19. The third-order valence-corrected chi connectivity index (χ3v) is 6.08. The van der Waals surface area contributed by atoms with Crippen LogP contribution in [0.2, 0.25) is 0 Å². The van der Waals surface area contributed by atoms with Gasteiger partial charge in [0.25, 0.3) is 0 Å². The van der Waals surface area contributed by atoms with E-state index >= 15 is 0 Å². The average Bonchev–Trinajstić information content (AvgIpc) is 2.72. The largest absolute Gasteiger partial charge is 0.473 e. The van der Waals surface area contributed by atoms with Crippen LogP contribution in [0.4, 0.5) is 0 Å². The first-order chi connectivity index (χ1) is 13.9. The predicted octanol–water partition coefficient (Wildman–Crippen LogP) is 3.64. The molecule has 2 aromatic carbocycles. The minimum atomic E-state index is -1.82. The van der Waals surface area contributed by atoms with E-state index in [1.807, 2.05) is 0 Å². The van der Waals surface area contributed by atoms with E-state index in [1.165, 1.54) is 20.5 Å². The number of thioether (sulfide) groups is 1. The summed E-state index contributed by atoms with van der Waals surface area (Å²) < 4.78 is 1.22. The Morgan fingerprint density at radius 1 is 0.897 bits per heavy atom. The number of carboxylic acids is 2. The molecule has 8 heteroatoms. The third-order valence-electron chi connectivity index (χ3n) is 4.56. The second kappa shape index (κ2) is 12.0. The van der Waals surface area contributed by atoms with Gasteiger partial charge in [-0.25, -0.2) is 9.59 Å². The molecule has 0 amide bonds. The summed E-state index contributed by atoms with van der Waals surface area (Å²) in [6.45, 7) is 6.69. The van der Waals surface area contributed by atoms with E-state index in [4.69, 9.17) is 19.8 Å². The molecule has 1 heterocycles. The number of halogens is 1. The van der Waals surface area contributed by atoms with Crippen molar-refractivity contribution in [1.82, 2.24) is 9.80 Å². The summed E-state index contributed by atoms with van der Waals surface area (Å²) in [7, 11) is 0. The van der Waals surface area contributed by atoms with Crippen LogP contribution in [-0.2, 0) is 22.7 Å². The van der Waals surface area contributed by atoms with Gasteiger partial charge in [0, 0.05) is 48.6 Å². The molecule has 2 aromatic rings. The lowest BCUT2D eigenvalue weighted by molar-refractivity contribution is -0.159. The molecule has 0 unspecified atom stereocenters. The molecule has 0 aliphatic carbocycles. The van der Waals surface area contributed by atoms with Crippen LogP contribution in [0.15, 0.2) is 57.9 Å². The standard InChI is InChI=1S/C19H23BrN2S.C2H2O4/c1-23-18-8-6-16(7-9-18)14-21-10-12-22(13-11-21)15-17-4-2-3-5-19(17)20;3-1(4)2(5)6/h2-9H,10-15H2,1H3;(H,3,4)(H,5,6). The normalized spacial score (nSPS) is 14.7. The lowest BCUT2D eigenvalue weighted by Crippen LogP contribution is -2.45. The molecular formula is C21H25BrN2O4S. The van der Waals surface area contributed by atoms with Crippen LogP contribution < -0.4 is 0 Å². The number of hydrogen-bond acceptors (Lipinski definition) is 5. The molecule has 6 nitrogen and oxygen atoms in total. The van der Waals surface area contributed by atoms with Crippen molar-refractivity contribution in [3.05, 3.63) is 64.1 Å². The Morgan fingerprint density at radius 3 is 1.90 bits per heavy atom. The Hall–Kier alpha value is -1.87. The van der Waals surface area contributed by atoms with E-state index in [1.54, 1.807) is 11.8 Å². The number of carbonyl (C=O) groups is 2. The van der Waals surface area contributed by atoms with E-state index < -0.39 is 11.9 Å². The van der Waals surface area contributed by atoms with E-state index in [-0.39, 0.29) is 0 Å². The maximum atomic E-state index is 9.10. The van der Waals surface area contributed by atoms with Crippen LogP contribution in [-0.4, -0.2) is 64.4 Å². The monoisotopic (exact) mass is 480 g/mol. The molecule has 0 aromatic heterocycles. The topological polar surface area (TPSA) is 81.1 Å². The Kier molecular flexibility index (Phi) is 9.66. The van der Waals surface area contributed by atoms with Crippen molar-refractivity contribution in [3.8, 4) is 0 Å². The summed E-state index contributed by atoms with van der Waals surface area (Å²) in [5.74, 6) is -3.65. The number of rotatable bonds is 5. The summed E-state index contributed by atoms with van der Waals surface area (Å²) in [6.07, 6.45) is 2.12. The van der Waals surface area contributed by atoms with Gasteiger partial charge in [-0.2, -0.15) is 0 Å². The summed E-state index contributed by atoms with van der Waals surface area (Å²) in [5, 5.41) is 14.8. The fraction of sp³-hybridized carbons (Fsp3) is 0.333. The quantitative estimate of drug-likeness (QED) is 0.499. The highest BCUT2D eigenvalue weighted by Gasteiger charge is 2.17. The molecule has 0 spiro atoms. The molecule has 0 bridgehead atoms. The zero-order valence-electron chi connectivity index (χ0n) is 16.3. The van der Waals surface area contributed by atoms with Crippen LogP contribution in [0.1, 0.15) is 11.1 Å². The van der Waals surface area contributed by atoms with E-state index in [2.05, 4.69) is 80.5 Å². The zero-order chi connectivity index (χ0) is 21.2. The Bertz CT molecular complexity index is 797. The summed E-state index contributed by atoms with van der Waals surface area (Å²) in [5.41, 5.74) is 2.80. The number of hydrogen-bond donors (Lipinski definition) is 2. The van der Waals surface area contributed by atoms with Crippen LogP contribution in [0.3, 0.4) is 0 Å². The van der Waals surface area contributed by atoms with Gasteiger partial charge in [-0.05, 0) is 35.6 Å². The van der Waals surface area contributed by atoms with Crippen LogP contribution >= 0.6 is 27.7 Å². The average molecular weight is 481 g/mol. The molecule has 2 N–H and O–H groups in total. The van der Waals surface area contributed by atoms with Crippen molar-refractivity contribution in [1.29, 1.82) is 0 Å². The Balaban J connectivity index is 0.000000438. The molecule has 3 rings (SSSR count). The van der Waals surface area contributed by atoms with Crippen molar-refractivity contribution < 1.29 is 19.8 Å². The van der Waals surface area contributed by atoms with Crippen molar-refractivity contribution in [2.45, 2.75) is 18.0 Å². The Morgan fingerprint density at radius 2 is 1.41 bits per heavy atom. The SMILES string of the molecule is CSc1ccc(CN2CCN(Cc3ccccc3Br)CC2)cc1.O=C(O)C(=O)O. The zero-order valence-corrected chi connectivity index (χ0v) is 18.7. The van der Waals surface area contributed by atoms with Crippen LogP contribution in [0.25, 0.3) is 0 Å². The molecule has 0 saturated carbocycles. The van der Waals surface area contributed by atoms with Gasteiger partial charge in [-0.1, -0.05) is 46.3 Å². The van der Waals surface area contributed by atoms with Gasteiger partial charge in [0.1, 0.15) is 0 Å². The number of piperazine rings is 1. The van der Waals surface area contributed by atoms with E-state index in [0.29, 0.717) is 0 Å². The maximum absolute atomic E-state index is 9.10. The molecule has 0 atom stereocenters. The second-order valence-corrected chi connectivity index (χ2v) is 8.34. The summed E-state index contributed by atoms with van der Waals surface area (Å²) in [4.78, 5) is 24.6. The van der Waals surface area contributed by atoms with Crippen LogP contribution in [0, 0.1) is 0 Å². The molecule has 156 valence electrons. The van der Waals surface area contributed by atoms with Crippen molar-refractivity contribution >= 4 is 39.6 Å². The molecule has 1 aliphatic rings. The number of nitrogens with zero attached hydrogens (tertiary/aromatic N) is 2. The van der Waals surface area contributed by atoms with Gasteiger partial charge in [-0.15, -0.1) is 11.8 Å². The van der Waals surface area contributed by atoms with Crippen molar-refractivity contribution in [2.75, 3.05) is 32.4 Å². The second-order valence-electron chi connectivity index (χ2n) is 6.60. The van der Waals surface area contributed by atoms with Crippen LogP contribution in [0.5, 0.6) is 0 Å². The Labute approximate surface area is 183 Å². The van der Waals surface area contributed by atoms with E-state index in [9.17, 15) is 0 Å². The third kappa shape index (κ3) is 8.18. The first-order valence-corrected chi connectivity index (χ1v) is 11.2. The molecular weight excluding hydrogens is 456 g/mol. The fourth-order valence-corrected chi connectivity index (χ4v) is 3.78. The summed E-state index contributed by atoms with van der Waals surface area (Å²) in [6, 6.07) is 17.5.